The van der Waals surface area contributed by atoms with Crippen LogP contribution in [0.15, 0.2) is 11.1 Å². The molecule has 8 atom stereocenters. The fraction of sp³-hybridized carbons (Fsp3) is 0.897. The zero-order valence-corrected chi connectivity index (χ0v) is 21.8. The van der Waals surface area contributed by atoms with Gasteiger partial charge < -0.3 is 19.3 Å². The number of hydrogen-bond donors (Lipinski definition) is 1. The van der Waals surface area contributed by atoms with Crippen LogP contribution in [0.2, 0.25) is 0 Å². The molecule has 0 saturated heterocycles. The second kappa shape index (κ2) is 9.52. The van der Waals surface area contributed by atoms with Gasteiger partial charge in [-0.05, 0) is 88.9 Å². The third-order valence-corrected chi connectivity index (χ3v) is 11.0. The summed E-state index contributed by atoms with van der Waals surface area (Å²) in [6.07, 6.45) is 13.5. The lowest BCUT2D eigenvalue weighted by Gasteiger charge is -2.62. The minimum atomic E-state index is -0.204. The Hall–Kier alpha value is -0.910. The van der Waals surface area contributed by atoms with E-state index >= 15 is 0 Å². The van der Waals surface area contributed by atoms with Crippen molar-refractivity contribution in [3.63, 3.8) is 0 Å². The van der Waals surface area contributed by atoms with Crippen LogP contribution in [0.5, 0.6) is 0 Å². The monoisotopic (exact) mass is 474 g/mol. The standard InChI is InChI=1S/C29H46O5/c1-18-8-7-14-29(17-30)23-13-15-28(3)22(11-12-25(28)33-19(2)31)26(23)21(16-24(18)29)27(32-4)34-20-9-5-6-10-20/h20-23,25-27,30H,5-17H2,1-4H3/t21-,22-,23-,25-,26-,27?,28-,29-/m0/s1. The molecule has 5 aliphatic carbocycles. The summed E-state index contributed by atoms with van der Waals surface area (Å²) < 4.78 is 18.8. The van der Waals surface area contributed by atoms with E-state index in [1.54, 1.807) is 6.92 Å². The van der Waals surface area contributed by atoms with E-state index in [0.717, 1.165) is 57.8 Å². The molecule has 1 unspecified atom stereocenters. The number of rotatable bonds is 6. The van der Waals surface area contributed by atoms with Crippen molar-refractivity contribution in [3.05, 3.63) is 11.1 Å². The number of aliphatic hydroxyl groups is 1. The number of carbonyl (C=O) groups excluding carboxylic acids is 1. The third-order valence-electron chi connectivity index (χ3n) is 11.0. The molecule has 5 nitrogen and oxygen atoms in total. The number of methoxy groups -OCH3 is 1. The van der Waals surface area contributed by atoms with E-state index in [1.165, 1.54) is 30.4 Å². The van der Waals surface area contributed by atoms with Crippen LogP contribution in [-0.4, -0.2) is 43.3 Å². The fourth-order valence-corrected chi connectivity index (χ4v) is 9.45. The van der Waals surface area contributed by atoms with E-state index < -0.39 is 0 Å². The van der Waals surface area contributed by atoms with Crippen molar-refractivity contribution in [2.45, 2.75) is 116 Å². The Labute approximate surface area is 206 Å². The third kappa shape index (κ3) is 3.89. The predicted molar refractivity (Wildman–Crippen MR) is 131 cm³/mol. The zero-order chi connectivity index (χ0) is 24.1. The van der Waals surface area contributed by atoms with Gasteiger partial charge in [-0.2, -0.15) is 0 Å². The van der Waals surface area contributed by atoms with Crippen LogP contribution in [0.4, 0.5) is 0 Å². The molecule has 192 valence electrons. The molecule has 4 fully saturated rings. The molecule has 0 amide bonds. The first-order chi connectivity index (χ1) is 16.3. The predicted octanol–water partition coefficient (Wildman–Crippen LogP) is 5.79. The number of carbonyl (C=O) groups is 1. The van der Waals surface area contributed by atoms with Crippen LogP contribution < -0.4 is 0 Å². The van der Waals surface area contributed by atoms with Crippen LogP contribution in [-0.2, 0) is 19.0 Å². The van der Waals surface area contributed by atoms with Crippen molar-refractivity contribution in [3.8, 4) is 0 Å². The molecular formula is C29H46O5. The highest BCUT2D eigenvalue weighted by Crippen LogP contribution is 2.68. The minimum absolute atomic E-state index is 0.00168. The Morgan fingerprint density at radius 1 is 1.09 bits per heavy atom. The summed E-state index contributed by atoms with van der Waals surface area (Å²) in [6.45, 7) is 6.47. The summed E-state index contributed by atoms with van der Waals surface area (Å²) in [6, 6.07) is 0. The van der Waals surface area contributed by atoms with Crippen LogP contribution in [0.25, 0.3) is 0 Å². The lowest BCUT2D eigenvalue weighted by molar-refractivity contribution is -0.225. The van der Waals surface area contributed by atoms with Crippen molar-refractivity contribution in [1.82, 2.24) is 0 Å². The van der Waals surface area contributed by atoms with Crippen molar-refractivity contribution in [2.24, 2.45) is 34.5 Å². The molecule has 5 rings (SSSR count). The number of fused-ring (bicyclic) bond motifs is 5. The van der Waals surface area contributed by atoms with Crippen LogP contribution in [0, 0.1) is 34.5 Å². The summed E-state index contributed by atoms with van der Waals surface area (Å²) >= 11 is 0. The number of aliphatic hydroxyl groups excluding tert-OH is 1. The highest BCUT2D eigenvalue weighted by Gasteiger charge is 2.64. The topological polar surface area (TPSA) is 65.0 Å². The molecular weight excluding hydrogens is 428 g/mol. The second-order valence-electron chi connectivity index (χ2n) is 12.5. The number of esters is 1. The Morgan fingerprint density at radius 2 is 1.85 bits per heavy atom. The maximum Gasteiger partial charge on any atom is 0.302 e. The van der Waals surface area contributed by atoms with Crippen LogP contribution in [0.1, 0.15) is 97.8 Å². The van der Waals surface area contributed by atoms with Crippen LogP contribution >= 0.6 is 0 Å². The molecule has 0 aromatic heterocycles. The average Bonchev–Trinajstić information content (AvgIpc) is 3.44. The quantitative estimate of drug-likeness (QED) is 0.300. The van der Waals surface area contributed by atoms with Crippen molar-refractivity contribution in [2.75, 3.05) is 13.7 Å². The Bertz CT molecular complexity index is 800. The average molecular weight is 475 g/mol. The normalized spacial score (nSPS) is 43.3. The highest BCUT2D eigenvalue weighted by atomic mass is 16.7. The molecule has 4 saturated carbocycles. The van der Waals surface area contributed by atoms with Gasteiger partial charge in [0.15, 0.2) is 6.29 Å². The number of hydrogen-bond acceptors (Lipinski definition) is 5. The summed E-state index contributed by atoms with van der Waals surface area (Å²) in [7, 11) is 1.82. The first kappa shape index (κ1) is 24.8. The molecule has 0 bridgehead atoms. The summed E-state index contributed by atoms with van der Waals surface area (Å²) in [5.41, 5.74) is 2.92. The molecule has 0 radical (unpaired) electrons. The van der Waals surface area contributed by atoms with E-state index in [0.29, 0.717) is 29.8 Å². The minimum Gasteiger partial charge on any atom is -0.462 e. The van der Waals surface area contributed by atoms with E-state index in [9.17, 15) is 9.90 Å². The van der Waals surface area contributed by atoms with Gasteiger partial charge in [-0.15, -0.1) is 0 Å². The SMILES string of the molecule is COC(OC1CCCC1)[C@H]1CC2=C(C)CCC[C@]2(CO)[C@H]2CC[C@]3(C)[C@@H](OC(C)=O)CC[C@H]3[C@H]12. The lowest BCUT2D eigenvalue weighted by atomic mass is 9.44. The Kier molecular flexibility index (Phi) is 6.93. The van der Waals surface area contributed by atoms with Gasteiger partial charge in [0, 0.05) is 30.8 Å². The van der Waals surface area contributed by atoms with Crippen molar-refractivity contribution in [1.29, 1.82) is 0 Å². The molecule has 1 N–H and O–H groups in total. The fourth-order valence-electron chi connectivity index (χ4n) is 9.45. The van der Waals surface area contributed by atoms with Gasteiger partial charge in [0.25, 0.3) is 0 Å². The molecule has 0 spiro atoms. The molecule has 5 aliphatic rings. The maximum atomic E-state index is 11.9. The molecule has 5 heteroatoms. The van der Waals surface area contributed by atoms with Gasteiger partial charge >= 0.3 is 5.97 Å². The first-order valence-corrected chi connectivity index (χ1v) is 14.0. The van der Waals surface area contributed by atoms with Gasteiger partial charge in [0.1, 0.15) is 6.10 Å². The second-order valence-corrected chi connectivity index (χ2v) is 12.5. The Morgan fingerprint density at radius 3 is 2.53 bits per heavy atom. The molecule has 0 aromatic carbocycles. The van der Waals surface area contributed by atoms with Crippen molar-refractivity contribution < 1.29 is 24.1 Å². The summed E-state index contributed by atoms with van der Waals surface area (Å²) in [5, 5.41) is 11.0. The molecule has 0 aliphatic heterocycles. The van der Waals surface area contributed by atoms with Gasteiger partial charge in [0.05, 0.1) is 12.7 Å². The number of ether oxygens (including phenoxy) is 3. The maximum absolute atomic E-state index is 11.9. The van der Waals surface area contributed by atoms with Crippen LogP contribution in [0.3, 0.4) is 0 Å². The van der Waals surface area contributed by atoms with Gasteiger partial charge in [-0.3, -0.25) is 4.79 Å². The molecule has 0 heterocycles. The Balaban J connectivity index is 1.54. The summed E-state index contributed by atoms with van der Waals surface area (Å²) in [4.78, 5) is 11.9. The van der Waals surface area contributed by atoms with Gasteiger partial charge in [0.2, 0.25) is 0 Å². The molecule has 0 aromatic rings. The summed E-state index contributed by atoms with van der Waals surface area (Å²) in [5.74, 6) is 1.47. The van der Waals surface area contributed by atoms with E-state index in [2.05, 4.69) is 13.8 Å². The first-order valence-electron chi connectivity index (χ1n) is 14.0. The van der Waals surface area contributed by atoms with Crippen molar-refractivity contribution >= 4 is 5.97 Å². The van der Waals surface area contributed by atoms with E-state index in [4.69, 9.17) is 14.2 Å². The number of allylic oxidation sites excluding steroid dienone is 1. The van der Waals surface area contributed by atoms with Gasteiger partial charge in [-0.1, -0.05) is 30.9 Å². The largest absolute Gasteiger partial charge is 0.462 e. The highest BCUT2D eigenvalue weighted by molar-refractivity contribution is 5.66. The van der Waals surface area contributed by atoms with E-state index in [-0.39, 0.29) is 35.8 Å². The van der Waals surface area contributed by atoms with E-state index in [1.807, 2.05) is 7.11 Å². The smallest absolute Gasteiger partial charge is 0.302 e. The molecule has 34 heavy (non-hydrogen) atoms. The van der Waals surface area contributed by atoms with Gasteiger partial charge in [-0.25, -0.2) is 0 Å². The zero-order valence-electron chi connectivity index (χ0n) is 21.8. The lowest BCUT2D eigenvalue weighted by Crippen LogP contribution is -2.58.